The van der Waals surface area contributed by atoms with Crippen LogP contribution >= 0.6 is 12.4 Å². The topological polar surface area (TPSA) is 89.6 Å². The third kappa shape index (κ3) is 7.43. The fourth-order valence-electron chi connectivity index (χ4n) is 1.40. The van der Waals surface area contributed by atoms with Crippen molar-refractivity contribution in [2.24, 2.45) is 5.73 Å². The van der Waals surface area contributed by atoms with Gasteiger partial charge in [0.2, 0.25) is 0 Å². The van der Waals surface area contributed by atoms with Gasteiger partial charge < -0.3 is 15.6 Å². The molecule has 0 aliphatic carbocycles. The minimum Gasteiger partial charge on any atom is -0.480 e. The molecular formula is C13H18ClNO4. The fourth-order valence-corrected chi connectivity index (χ4v) is 1.40. The normalized spacial score (nSPS) is 11.2. The van der Waals surface area contributed by atoms with Gasteiger partial charge in [-0.2, -0.15) is 0 Å². The van der Waals surface area contributed by atoms with Gasteiger partial charge in [-0.3, -0.25) is 9.59 Å². The molecule has 0 aliphatic rings. The van der Waals surface area contributed by atoms with Crippen molar-refractivity contribution in [2.75, 3.05) is 0 Å². The number of carbonyl (C=O) groups is 2. The van der Waals surface area contributed by atoms with E-state index in [9.17, 15) is 9.59 Å². The predicted octanol–water partition coefficient (Wildman–Crippen LogP) is 1.73. The van der Waals surface area contributed by atoms with E-state index >= 15 is 0 Å². The number of carboxylic acids is 1. The van der Waals surface area contributed by atoms with Gasteiger partial charge in [0, 0.05) is 6.42 Å². The van der Waals surface area contributed by atoms with Gasteiger partial charge in [-0.05, 0) is 18.4 Å². The summed E-state index contributed by atoms with van der Waals surface area (Å²) in [6.07, 6.45) is 0.880. The third-order valence-electron chi connectivity index (χ3n) is 2.46. The molecule has 5 nitrogen and oxygen atoms in total. The number of halogens is 1. The summed E-state index contributed by atoms with van der Waals surface area (Å²) < 4.78 is 5.04. The zero-order chi connectivity index (χ0) is 13.4. The molecule has 1 aromatic rings. The first kappa shape index (κ1) is 17.4. The van der Waals surface area contributed by atoms with E-state index in [-0.39, 0.29) is 37.8 Å². The Hall–Kier alpha value is -1.59. The fraction of sp³-hybridized carbons (Fsp3) is 0.385. The maximum absolute atomic E-state index is 11.4. The molecule has 1 atom stereocenters. The second kappa shape index (κ2) is 9.35. The minimum atomic E-state index is -1.05. The largest absolute Gasteiger partial charge is 0.480 e. The number of benzene rings is 1. The Morgan fingerprint density at radius 3 is 2.47 bits per heavy atom. The first-order valence-electron chi connectivity index (χ1n) is 5.77. The van der Waals surface area contributed by atoms with Gasteiger partial charge in [0.1, 0.15) is 12.6 Å². The number of hydrogen-bond acceptors (Lipinski definition) is 4. The molecule has 0 amide bonds. The van der Waals surface area contributed by atoms with Crippen LogP contribution in [0.4, 0.5) is 0 Å². The van der Waals surface area contributed by atoms with Crippen molar-refractivity contribution < 1.29 is 19.4 Å². The van der Waals surface area contributed by atoms with E-state index in [1.165, 1.54) is 0 Å². The molecule has 0 aromatic heterocycles. The summed E-state index contributed by atoms with van der Waals surface area (Å²) in [5.41, 5.74) is 6.24. The lowest BCUT2D eigenvalue weighted by Crippen LogP contribution is -2.29. The lowest BCUT2D eigenvalue weighted by Gasteiger charge is -2.06. The number of aliphatic carboxylic acids is 1. The molecule has 1 aromatic carbocycles. The van der Waals surface area contributed by atoms with E-state index in [1.807, 2.05) is 30.3 Å². The van der Waals surface area contributed by atoms with Gasteiger partial charge in [-0.15, -0.1) is 12.4 Å². The van der Waals surface area contributed by atoms with Crippen molar-refractivity contribution in [2.45, 2.75) is 31.9 Å². The molecule has 3 N–H and O–H groups in total. The summed E-state index contributed by atoms with van der Waals surface area (Å²) >= 11 is 0. The van der Waals surface area contributed by atoms with Crippen LogP contribution < -0.4 is 5.73 Å². The van der Waals surface area contributed by atoms with E-state index in [2.05, 4.69) is 0 Å². The van der Waals surface area contributed by atoms with Crippen molar-refractivity contribution >= 4 is 24.3 Å². The minimum absolute atomic E-state index is 0. The summed E-state index contributed by atoms with van der Waals surface area (Å²) in [7, 11) is 0. The van der Waals surface area contributed by atoms with E-state index in [1.54, 1.807) is 0 Å². The van der Waals surface area contributed by atoms with Crippen LogP contribution in [0.5, 0.6) is 0 Å². The van der Waals surface area contributed by atoms with Crippen LogP contribution in [-0.2, 0) is 20.9 Å². The van der Waals surface area contributed by atoms with E-state index < -0.39 is 12.0 Å². The summed E-state index contributed by atoms with van der Waals surface area (Å²) in [6, 6.07) is 8.45. The Bertz CT molecular complexity index is 397. The van der Waals surface area contributed by atoms with E-state index in [4.69, 9.17) is 15.6 Å². The molecule has 0 saturated carbocycles. The highest BCUT2D eigenvalue weighted by molar-refractivity contribution is 5.85. The van der Waals surface area contributed by atoms with Crippen LogP contribution in [-0.4, -0.2) is 23.1 Å². The lowest BCUT2D eigenvalue weighted by atomic mass is 10.1. The molecule has 0 spiro atoms. The summed E-state index contributed by atoms with van der Waals surface area (Å²) in [5, 5.41) is 8.56. The molecule has 0 aliphatic heterocycles. The average molecular weight is 288 g/mol. The maximum atomic E-state index is 11.4. The van der Waals surface area contributed by atoms with E-state index in [0.29, 0.717) is 6.42 Å². The molecular weight excluding hydrogens is 270 g/mol. The molecule has 6 heteroatoms. The van der Waals surface area contributed by atoms with Crippen molar-refractivity contribution in [1.82, 2.24) is 0 Å². The zero-order valence-electron chi connectivity index (χ0n) is 10.5. The second-order valence-corrected chi connectivity index (χ2v) is 3.98. The summed E-state index contributed by atoms with van der Waals surface area (Å²) in [5.74, 6) is -1.39. The zero-order valence-corrected chi connectivity index (χ0v) is 11.3. The van der Waals surface area contributed by atoms with Crippen LogP contribution in [0.3, 0.4) is 0 Å². The highest BCUT2D eigenvalue weighted by Gasteiger charge is 2.12. The van der Waals surface area contributed by atoms with Crippen molar-refractivity contribution in [3.8, 4) is 0 Å². The van der Waals surface area contributed by atoms with Crippen molar-refractivity contribution in [3.05, 3.63) is 35.9 Å². The van der Waals surface area contributed by atoms with E-state index in [0.717, 1.165) is 5.56 Å². The van der Waals surface area contributed by atoms with Gasteiger partial charge in [-0.25, -0.2) is 0 Å². The second-order valence-electron chi connectivity index (χ2n) is 3.98. The standard InChI is InChI=1S/C13H17NO4.ClH/c14-11(13(16)17)7-4-8-12(15)18-9-10-5-2-1-3-6-10;/h1-3,5-6,11H,4,7-9,14H2,(H,16,17);1H. The predicted molar refractivity (Wildman–Crippen MR) is 72.9 cm³/mol. The molecule has 0 radical (unpaired) electrons. The highest BCUT2D eigenvalue weighted by atomic mass is 35.5. The number of carboxylic acid groups (broad SMARTS) is 1. The molecule has 0 bridgehead atoms. The Morgan fingerprint density at radius 2 is 1.89 bits per heavy atom. The maximum Gasteiger partial charge on any atom is 0.320 e. The summed E-state index contributed by atoms with van der Waals surface area (Å²) in [6.45, 7) is 0.241. The number of rotatable bonds is 7. The highest BCUT2D eigenvalue weighted by Crippen LogP contribution is 2.05. The first-order valence-corrected chi connectivity index (χ1v) is 5.77. The van der Waals surface area contributed by atoms with Crippen LogP contribution in [0, 0.1) is 0 Å². The Labute approximate surface area is 118 Å². The van der Waals surface area contributed by atoms with Crippen LogP contribution in [0.1, 0.15) is 24.8 Å². The quantitative estimate of drug-likeness (QED) is 0.746. The Morgan fingerprint density at radius 1 is 1.26 bits per heavy atom. The van der Waals surface area contributed by atoms with Crippen molar-refractivity contribution in [1.29, 1.82) is 0 Å². The molecule has 1 rings (SSSR count). The first-order chi connectivity index (χ1) is 8.59. The van der Waals surface area contributed by atoms with Crippen LogP contribution in [0.15, 0.2) is 30.3 Å². The number of hydrogen-bond donors (Lipinski definition) is 2. The lowest BCUT2D eigenvalue weighted by molar-refractivity contribution is -0.145. The smallest absolute Gasteiger partial charge is 0.320 e. The number of ether oxygens (including phenoxy) is 1. The molecule has 19 heavy (non-hydrogen) atoms. The summed E-state index contributed by atoms with van der Waals surface area (Å²) in [4.78, 5) is 21.8. The molecule has 1 unspecified atom stereocenters. The molecule has 0 heterocycles. The average Bonchev–Trinajstić information content (AvgIpc) is 2.37. The molecule has 0 saturated heterocycles. The third-order valence-corrected chi connectivity index (χ3v) is 2.46. The monoisotopic (exact) mass is 287 g/mol. The number of carbonyl (C=O) groups excluding carboxylic acids is 1. The van der Waals surface area contributed by atoms with Crippen LogP contribution in [0.25, 0.3) is 0 Å². The van der Waals surface area contributed by atoms with Gasteiger partial charge in [-0.1, -0.05) is 30.3 Å². The Kier molecular flexibility index (Phi) is 8.57. The number of nitrogens with two attached hydrogens (primary N) is 1. The molecule has 0 fully saturated rings. The van der Waals surface area contributed by atoms with Gasteiger partial charge in [0.25, 0.3) is 0 Å². The van der Waals surface area contributed by atoms with Crippen LogP contribution in [0.2, 0.25) is 0 Å². The van der Waals surface area contributed by atoms with Gasteiger partial charge in [0.05, 0.1) is 0 Å². The van der Waals surface area contributed by atoms with Crippen molar-refractivity contribution in [3.63, 3.8) is 0 Å². The number of esters is 1. The Balaban J connectivity index is 0.00000324. The molecule has 106 valence electrons. The van der Waals surface area contributed by atoms with Gasteiger partial charge in [0.15, 0.2) is 0 Å². The van der Waals surface area contributed by atoms with Gasteiger partial charge >= 0.3 is 11.9 Å². The SMILES string of the molecule is Cl.NC(CCCC(=O)OCc1ccccc1)C(=O)O.